The maximum atomic E-state index is 13.1. The number of aromatic nitrogens is 1. The summed E-state index contributed by atoms with van der Waals surface area (Å²) >= 11 is 0. The third-order valence-corrected chi connectivity index (χ3v) is 5.33. The summed E-state index contributed by atoms with van der Waals surface area (Å²) in [6.45, 7) is 3.28. The highest BCUT2D eigenvalue weighted by Gasteiger charge is 2.15. The Bertz CT molecular complexity index is 1340. The van der Waals surface area contributed by atoms with Crippen LogP contribution in [-0.4, -0.2) is 17.4 Å². The summed E-state index contributed by atoms with van der Waals surface area (Å²) in [7, 11) is 0. The van der Waals surface area contributed by atoms with E-state index in [1.54, 1.807) is 0 Å². The fourth-order valence-corrected chi connectivity index (χ4v) is 3.58. The van der Waals surface area contributed by atoms with Crippen LogP contribution in [0.25, 0.3) is 10.9 Å². The van der Waals surface area contributed by atoms with Crippen LogP contribution >= 0.6 is 0 Å². The van der Waals surface area contributed by atoms with Crippen LogP contribution in [0.3, 0.4) is 0 Å². The molecule has 4 rings (SSSR count). The Morgan fingerprint density at radius 1 is 1.00 bits per heavy atom. The van der Waals surface area contributed by atoms with E-state index < -0.39 is 0 Å². The zero-order valence-corrected chi connectivity index (χ0v) is 18.7. The van der Waals surface area contributed by atoms with Crippen LogP contribution in [0.15, 0.2) is 72.8 Å². The van der Waals surface area contributed by atoms with Crippen molar-refractivity contribution in [2.75, 3.05) is 22.5 Å². The number of anilines is 3. The Hall–Kier alpha value is -4.44. The van der Waals surface area contributed by atoms with Gasteiger partial charge in [-0.1, -0.05) is 37.3 Å². The number of hydrogen-bond donors (Lipinski definition) is 3. The van der Waals surface area contributed by atoms with Gasteiger partial charge in [0.15, 0.2) is 0 Å². The SMILES string of the molecule is CCCNc1nc2ccccc2c(NCc2ccc(NC(=O)c3ccc(F)cc3)cc2)c1C#N. The molecule has 1 amide bonds. The van der Waals surface area contributed by atoms with Gasteiger partial charge in [-0.15, -0.1) is 0 Å². The number of nitriles is 1. The van der Waals surface area contributed by atoms with Crippen molar-refractivity contribution in [3.63, 3.8) is 0 Å². The Balaban J connectivity index is 1.51. The van der Waals surface area contributed by atoms with Gasteiger partial charge in [0.1, 0.15) is 23.3 Å². The summed E-state index contributed by atoms with van der Waals surface area (Å²) in [6, 6.07) is 22.8. The minimum Gasteiger partial charge on any atom is -0.379 e. The van der Waals surface area contributed by atoms with Crippen LogP contribution in [0.5, 0.6) is 0 Å². The molecule has 7 heteroatoms. The van der Waals surface area contributed by atoms with Crippen LogP contribution in [0.1, 0.15) is 34.8 Å². The average Bonchev–Trinajstić information content (AvgIpc) is 2.86. The van der Waals surface area contributed by atoms with E-state index in [1.807, 2.05) is 48.5 Å². The van der Waals surface area contributed by atoms with Crippen LogP contribution < -0.4 is 16.0 Å². The van der Waals surface area contributed by atoms with E-state index in [9.17, 15) is 14.4 Å². The number of halogens is 1. The van der Waals surface area contributed by atoms with E-state index in [4.69, 9.17) is 0 Å². The highest BCUT2D eigenvalue weighted by Crippen LogP contribution is 2.31. The molecule has 170 valence electrons. The highest BCUT2D eigenvalue weighted by molar-refractivity contribution is 6.04. The van der Waals surface area contributed by atoms with Crippen LogP contribution in [0.4, 0.5) is 21.6 Å². The topological polar surface area (TPSA) is 89.8 Å². The Kier molecular flexibility index (Phi) is 6.99. The molecule has 1 aromatic heterocycles. The first kappa shape index (κ1) is 22.7. The van der Waals surface area contributed by atoms with Gasteiger partial charge in [-0.2, -0.15) is 5.26 Å². The Morgan fingerprint density at radius 2 is 1.74 bits per heavy atom. The van der Waals surface area contributed by atoms with Crippen LogP contribution in [0, 0.1) is 17.1 Å². The quantitative estimate of drug-likeness (QED) is 0.308. The maximum absolute atomic E-state index is 13.1. The number of carbonyl (C=O) groups is 1. The minimum atomic E-state index is -0.386. The smallest absolute Gasteiger partial charge is 0.255 e. The van der Waals surface area contributed by atoms with Crippen molar-refractivity contribution in [3.8, 4) is 6.07 Å². The highest BCUT2D eigenvalue weighted by atomic mass is 19.1. The minimum absolute atomic E-state index is 0.306. The molecular formula is C27H24FN5O. The number of para-hydroxylation sites is 1. The van der Waals surface area contributed by atoms with Crippen LogP contribution in [-0.2, 0) is 6.54 Å². The van der Waals surface area contributed by atoms with E-state index in [0.29, 0.717) is 29.2 Å². The molecule has 0 radical (unpaired) electrons. The lowest BCUT2D eigenvalue weighted by molar-refractivity contribution is 0.102. The molecule has 0 aliphatic carbocycles. The number of carbonyl (C=O) groups excluding carboxylic acids is 1. The zero-order chi connectivity index (χ0) is 23.9. The van der Waals surface area contributed by atoms with Gasteiger partial charge < -0.3 is 16.0 Å². The fourth-order valence-electron chi connectivity index (χ4n) is 3.58. The molecule has 0 saturated carbocycles. The Morgan fingerprint density at radius 3 is 2.44 bits per heavy atom. The van der Waals surface area contributed by atoms with E-state index >= 15 is 0 Å². The van der Waals surface area contributed by atoms with Crippen molar-refractivity contribution >= 4 is 34.0 Å². The van der Waals surface area contributed by atoms with E-state index in [2.05, 4.69) is 33.9 Å². The lowest BCUT2D eigenvalue weighted by Crippen LogP contribution is -2.12. The van der Waals surface area contributed by atoms with Gasteiger partial charge in [0.05, 0.1) is 11.2 Å². The predicted octanol–water partition coefficient (Wildman–Crippen LogP) is 5.93. The molecule has 0 spiro atoms. The first-order valence-electron chi connectivity index (χ1n) is 11.1. The molecule has 0 atom stereocenters. The largest absolute Gasteiger partial charge is 0.379 e. The molecule has 0 aliphatic heterocycles. The monoisotopic (exact) mass is 453 g/mol. The van der Waals surface area contributed by atoms with Gasteiger partial charge in [-0.3, -0.25) is 4.79 Å². The molecule has 3 aromatic carbocycles. The van der Waals surface area contributed by atoms with Crippen LogP contribution in [0.2, 0.25) is 0 Å². The zero-order valence-electron chi connectivity index (χ0n) is 18.7. The second-order valence-corrected chi connectivity index (χ2v) is 7.78. The summed E-state index contributed by atoms with van der Waals surface area (Å²) in [5, 5.41) is 20.2. The summed E-state index contributed by atoms with van der Waals surface area (Å²) in [5.74, 6) is -0.118. The predicted molar refractivity (Wildman–Crippen MR) is 133 cm³/mol. The normalized spacial score (nSPS) is 10.5. The number of nitrogens with one attached hydrogen (secondary N) is 3. The fraction of sp³-hybridized carbons (Fsp3) is 0.148. The number of hydrogen-bond acceptors (Lipinski definition) is 5. The second kappa shape index (κ2) is 10.5. The van der Waals surface area contributed by atoms with Crippen molar-refractivity contribution in [1.29, 1.82) is 5.26 Å². The van der Waals surface area contributed by atoms with Crippen molar-refractivity contribution in [2.24, 2.45) is 0 Å². The van der Waals surface area contributed by atoms with Gasteiger partial charge in [0, 0.05) is 29.7 Å². The lowest BCUT2D eigenvalue weighted by Gasteiger charge is -2.16. The average molecular weight is 454 g/mol. The third kappa shape index (κ3) is 5.13. The summed E-state index contributed by atoms with van der Waals surface area (Å²) in [4.78, 5) is 17.0. The number of benzene rings is 3. The molecule has 1 heterocycles. The standard InChI is InChI=1S/C27H24FN5O/c1-2-15-30-26-23(16-29)25(22-5-3-4-6-24(22)33-26)31-17-18-7-13-21(14-8-18)32-27(34)19-9-11-20(28)12-10-19/h3-14H,2,15,17H2,1H3,(H,32,34)(H2,30,31,33). The van der Waals surface area contributed by atoms with Crippen molar-refractivity contribution in [2.45, 2.75) is 19.9 Å². The van der Waals surface area contributed by atoms with Gasteiger partial charge in [-0.05, 0) is 54.4 Å². The molecule has 34 heavy (non-hydrogen) atoms. The van der Waals surface area contributed by atoms with Crippen molar-refractivity contribution in [3.05, 3.63) is 95.3 Å². The van der Waals surface area contributed by atoms with Gasteiger partial charge >= 0.3 is 0 Å². The molecule has 0 fully saturated rings. The third-order valence-electron chi connectivity index (χ3n) is 5.33. The number of rotatable bonds is 8. The number of fused-ring (bicyclic) bond motifs is 1. The maximum Gasteiger partial charge on any atom is 0.255 e. The molecule has 3 N–H and O–H groups in total. The number of pyridine rings is 1. The van der Waals surface area contributed by atoms with Crippen molar-refractivity contribution in [1.82, 2.24) is 4.98 Å². The molecule has 4 aromatic rings. The van der Waals surface area contributed by atoms with E-state index in [-0.39, 0.29) is 11.7 Å². The summed E-state index contributed by atoms with van der Waals surface area (Å²) in [5.41, 5.74) is 4.02. The molecule has 0 aliphatic rings. The lowest BCUT2D eigenvalue weighted by atomic mass is 10.1. The Labute approximate surface area is 197 Å². The van der Waals surface area contributed by atoms with Gasteiger partial charge in [0.25, 0.3) is 5.91 Å². The molecule has 0 unspecified atom stereocenters. The van der Waals surface area contributed by atoms with E-state index in [0.717, 1.165) is 35.1 Å². The first-order chi connectivity index (χ1) is 16.6. The molecule has 0 saturated heterocycles. The summed E-state index contributed by atoms with van der Waals surface area (Å²) in [6.07, 6.45) is 0.923. The number of amides is 1. The first-order valence-corrected chi connectivity index (χ1v) is 11.1. The molecular weight excluding hydrogens is 429 g/mol. The number of nitrogens with zero attached hydrogens (tertiary/aromatic N) is 2. The van der Waals surface area contributed by atoms with Crippen molar-refractivity contribution < 1.29 is 9.18 Å². The van der Waals surface area contributed by atoms with Gasteiger partial charge in [0.2, 0.25) is 0 Å². The molecule has 0 bridgehead atoms. The van der Waals surface area contributed by atoms with E-state index in [1.165, 1.54) is 24.3 Å². The summed E-state index contributed by atoms with van der Waals surface area (Å²) < 4.78 is 13.1. The molecule has 6 nitrogen and oxygen atoms in total. The second-order valence-electron chi connectivity index (χ2n) is 7.78. The van der Waals surface area contributed by atoms with Gasteiger partial charge in [-0.25, -0.2) is 9.37 Å².